The summed E-state index contributed by atoms with van der Waals surface area (Å²) in [7, 11) is -1.73. The van der Waals surface area contributed by atoms with Crippen molar-refractivity contribution >= 4 is 19.6 Å². The molecule has 0 aliphatic carbocycles. The monoisotopic (exact) mass is 202 g/mol. The molecule has 0 saturated heterocycles. The van der Waals surface area contributed by atoms with Crippen LogP contribution in [0.25, 0.3) is 6.08 Å². The molecule has 0 atom stereocenters. The van der Waals surface area contributed by atoms with Gasteiger partial charge in [0.2, 0.25) is 0 Å². The normalized spacial score (nSPS) is 17.7. The van der Waals surface area contributed by atoms with E-state index in [1.807, 2.05) is 0 Å². The summed E-state index contributed by atoms with van der Waals surface area (Å²) < 4.78 is 5.93. The highest BCUT2D eigenvalue weighted by Crippen LogP contribution is 2.21. The van der Waals surface area contributed by atoms with E-state index in [-0.39, 0.29) is 0 Å². The molecule has 72 valence electrons. The van der Waals surface area contributed by atoms with Crippen molar-refractivity contribution in [1.82, 2.24) is 0 Å². The Bertz CT molecular complexity index is 405. The van der Waals surface area contributed by atoms with Gasteiger partial charge in [-0.05, 0) is 36.0 Å². The van der Waals surface area contributed by atoms with E-state index in [1.165, 1.54) is 10.8 Å². The van der Waals surface area contributed by atoms with Crippen LogP contribution >= 0.6 is 0 Å². The van der Waals surface area contributed by atoms with E-state index in [2.05, 4.69) is 50.0 Å². The van der Waals surface area contributed by atoms with E-state index < -0.39 is 8.32 Å². The van der Waals surface area contributed by atoms with Crippen molar-refractivity contribution < 1.29 is 4.43 Å². The molecule has 0 saturated carbocycles. The maximum Gasteiger partial charge on any atom is 0.277 e. The number of fused-ring (bicyclic) bond motifs is 1. The zero-order valence-corrected chi connectivity index (χ0v) is 9.58. The third-order valence-corrected chi connectivity index (χ3v) is 4.98. The van der Waals surface area contributed by atoms with Crippen LogP contribution in [0, 0.1) is 0 Å². The molecule has 1 aliphatic rings. The number of hydrogen-bond acceptors (Lipinski definition) is 1. The first kappa shape index (κ1) is 9.28. The van der Waals surface area contributed by atoms with E-state index >= 15 is 0 Å². The van der Waals surface area contributed by atoms with Crippen molar-refractivity contribution in [3.05, 3.63) is 48.2 Å². The minimum absolute atomic E-state index is 0.903. The Labute approximate surface area is 85.9 Å². The van der Waals surface area contributed by atoms with E-state index in [4.69, 9.17) is 4.43 Å². The minimum Gasteiger partial charge on any atom is -0.540 e. The van der Waals surface area contributed by atoms with Crippen molar-refractivity contribution in [2.24, 2.45) is 0 Å². The number of rotatable bonds is 1. The van der Waals surface area contributed by atoms with Gasteiger partial charge in [-0.15, -0.1) is 0 Å². The topological polar surface area (TPSA) is 9.23 Å². The zero-order valence-electron chi connectivity index (χ0n) is 8.58. The van der Waals surface area contributed by atoms with Crippen LogP contribution in [0.1, 0.15) is 5.56 Å². The fraction of sp³-hybridized carbons (Fsp3) is 0.167. The maximum atomic E-state index is 5.93. The van der Waals surface area contributed by atoms with Crippen molar-refractivity contribution in [2.75, 3.05) is 0 Å². The van der Waals surface area contributed by atoms with Crippen molar-refractivity contribution in [3.8, 4) is 0 Å². The largest absolute Gasteiger partial charge is 0.540 e. The molecule has 1 heterocycles. The number of benzene rings is 1. The van der Waals surface area contributed by atoms with Crippen LogP contribution in [0.15, 0.2) is 42.7 Å². The van der Waals surface area contributed by atoms with E-state index in [0.29, 0.717) is 0 Å². The maximum absolute atomic E-state index is 5.93. The van der Waals surface area contributed by atoms with Crippen LogP contribution in [0.5, 0.6) is 0 Å². The van der Waals surface area contributed by atoms with Gasteiger partial charge in [0.15, 0.2) is 0 Å². The van der Waals surface area contributed by atoms with Crippen molar-refractivity contribution in [3.63, 3.8) is 0 Å². The lowest BCUT2D eigenvalue weighted by atomic mass is 10.2. The SMILES string of the molecule is C=CC1=Cc2ccccc2[Si](C)(C)O1. The molecule has 1 aliphatic heterocycles. The lowest BCUT2D eigenvalue weighted by Gasteiger charge is -2.30. The van der Waals surface area contributed by atoms with Gasteiger partial charge in [0, 0.05) is 0 Å². The minimum atomic E-state index is -1.73. The Hall–Kier alpha value is -1.28. The van der Waals surface area contributed by atoms with Gasteiger partial charge in [-0.2, -0.15) is 0 Å². The van der Waals surface area contributed by atoms with Gasteiger partial charge in [-0.25, -0.2) is 0 Å². The van der Waals surface area contributed by atoms with Crippen molar-refractivity contribution in [2.45, 2.75) is 13.1 Å². The van der Waals surface area contributed by atoms with Gasteiger partial charge in [0.05, 0.1) is 0 Å². The van der Waals surface area contributed by atoms with Gasteiger partial charge in [-0.3, -0.25) is 0 Å². The molecule has 14 heavy (non-hydrogen) atoms. The van der Waals surface area contributed by atoms with Gasteiger partial charge in [-0.1, -0.05) is 30.8 Å². The fourth-order valence-corrected chi connectivity index (χ4v) is 3.99. The summed E-state index contributed by atoms with van der Waals surface area (Å²) >= 11 is 0. The Kier molecular flexibility index (Phi) is 2.08. The van der Waals surface area contributed by atoms with E-state index in [0.717, 1.165) is 5.76 Å². The second-order valence-corrected chi connectivity index (χ2v) is 7.71. The second-order valence-electron chi connectivity index (χ2n) is 3.95. The second kappa shape index (κ2) is 3.14. The molecule has 2 rings (SSSR count). The summed E-state index contributed by atoms with van der Waals surface area (Å²) in [5.74, 6) is 0.903. The molecule has 0 bridgehead atoms. The molecule has 1 aromatic carbocycles. The molecule has 0 aromatic heterocycles. The molecule has 1 aromatic rings. The molecule has 0 amide bonds. The lowest BCUT2D eigenvalue weighted by Crippen LogP contribution is -2.47. The van der Waals surface area contributed by atoms with Crippen LogP contribution in [-0.2, 0) is 4.43 Å². The molecule has 0 spiro atoms. The Morgan fingerprint density at radius 2 is 2.00 bits per heavy atom. The summed E-state index contributed by atoms with van der Waals surface area (Å²) in [6, 6.07) is 8.43. The summed E-state index contributed by atoms with van der Waals surface area (Å²) in [5.41, 5.74) is 1.28. The van der Waals surface area contributed by atoms with Gasteiger partial charge < -0.3 is 4.43 Å². The Morgan fingerprint density at radius 1 is 1.29 bits per heavy atom. The summed E-state index contributed by atoms with van der Waals surface area (Å²) in [5, 5.41) is 1.37. The molecular weight excluding hydrogens is 188 g/mol. The summed E-state index contributed by atoms with van der Waals surface area (Å²) in [6.07, 6.45) is 3.84. The summed E-state index contributed by atoms with van der Waals surface area (Å²) in [4.78, 5) is 0. The summed E-state index contributed by atoms with van der Waals surface area (Å²) in [6.45, 7) is 8.17. The van der Waals surface area contributed by atoms with Crippen LogP contribution in [0.3, 0.4) is 0 Å². The third kappa shape index (κ3) is 1.42. The fourth-order valence-electron chi connectivity index (χ4n) is 1.80. The first-order valence-electron chi connectivity index (χ1n) is 4.76. The molecule has 0 unspecified atom stereocenters. The zero-order chi connectivity index (χ0) is 10.2. The average Bonchev–Trinajstić information content (AvgIpc) is 2.17. The number of allylic oxidation sites excluding steroid dienone is 1. The van der Waals surface area contributed by atoms with E-state index in [1.54, 1.807) is 6.08 Å². The van der Waals surface area contributed by atoms with Crippen LogP contribution < -0.4 is 5.19 Å². The van der Waals surface area contributed by atoms with E-state index in [9.17, 15) is 0 Å². The molecular formula is C12H14OSi. The van der Waals surface area contributed by atoms with Gasteiger partial charge in [0.1, 0.15) is 5.76 Å². The Morgan fingerprint density at radius 3 is 2.71 bits per heavy atom. The molecule has 2 heteroatoms. The third-order valence-electron chi connectivity index (χ3n) is 2.48. The molecule has 0 N–H and O–H groups in total. The highest BCUT2D eigenvalue weighted by molar-refractivity contribution is 6.85. The van der Waals surface area contributed by atoms with Gasteiger partial charge in [0.25, 0.3) is 8.32 Å². The highest BCUT2D eigenvalue weighted by atomic mass is 28.4. The smallest absolute Gasteiger partial charge is 0.277 e. The first-order chi connectivity index (χ1) is 6.63. The standard InChI is InChI=1S/C12H14OSi/c1-4-11-9-10-7-5-6-8-12(10)14(2,3)13-11/h4-9H,1H2,2-3H3. The average molecular weight is 202 g/mol. The van der Waals surface area contributed by atoms with Crippen LogP contribution in [-0.4, -0.2) is 8.32 Å². The molecule has 1 nitrogen and oxygen atoms in total. The first-order valence-corrected chi connectivity index (χ1v) is 7.67. The molecule has 0 radical (unpaired) electrons. The highest BCUT2D eigenvalue weighted by Gasteiger charge is 2.32. The van der Waals surface area contributed by atoms with Crippen LogP contribution in [0.4, 0.5) is 0 Å². The molecule has 0 fully saturated rings. The van der Waals surface area contributed by atoms with Crippen LogP contribution in [0.2, 0.25) is 13.1 Å². The van der Waals surface area contributed by atoms with Gasteiger partial charge >= 0.3 is 0 Å². The quantitative estimate of drug-likeness (QED) is 0.636. The Balaban J connectivity index is 2.60. The van der Waals surface area contributed by atoms with Crippen molar-refractivity contribution in [1.29, 1.82) is 0 Å². The number of hydrogen-bond donors (Lipinski definition) is 0. The predicted molar refractivity (Wildman–Crippen MR) is 62.8 cm³/mol. The predicted octanol–water partition coefficient (Wildman–Crippen LogP) is 2.66. The lowest BCUT2D eigenvalue weighted by molar-refractivity contribution is 0.449.